The molecule has 0 bridgehead atoms. The summed E-state index contributed by atoms with van der Waals surface area (Å²) in [4.78, 5) is 41.5. The molecule has 0 unspecified atom stereocenters. The van der Waals surface area contributed by atoms with E-state index in [4.69, 9.17) is 14.5 Å². The number of amides is 1. The summed E-state index contributed by atoms with van der Waals surface area (Å²) in [5, 5.41) is 9.95. The van der Waals surface area contributed by atoms with Gasteiger partial charge in [0.2, 0.25) is 5.91 Å². The number of phenolic OH excluding ortho intramolecular Hbond substituents is 1. The van der Waals surface area contributed by atoms with Crippen molar-refractivity contribution in [3.05, 3.63) is 160 Å². The number of methoxy groups -OCH3 is 1. The van der Waals surface area contributed by atoms with E-state index in [0.29, 0.717) is 43.3 Å². The number of hydrogen-bond donors (Lipinski definition) is 3. The van der Waals surface area contributed by atoms with Gasteiger partial charge in [-0.3, -0.25) is 9.59 Å². The number of carbonyl (C=O) groups is 2. The van der Waals surface area contributed by atoms with Gasteiger partial charge in [-0.2, -0.15) is 0 Å². The Morgan fingerprint density at radius 2 is 1.55 bits per heavy atom. The molecule has 58 heavy (non-hydrogen) atoms. The van der Waals surface area contributed by atoms with Crippen LogP contribution in [-0.4, -0.2) is 89.7 Å². The molecule has 0 saturated heterocycles. The Bertz CT molecular complexity index is 2320. The summed E-state index contributed by atoms with van der Waals surface area (Å²) in [6.45, 7) is 8.32. The first-order valence-corrected chi connectivity index (χ1v) is 19.7. The van der Waals surface area contributed by atoms with Crippen LogP contribution >= 0.6 is 0 Å². The Morgan fingerprint density at radius 1 is 0.845 bits per heavy atom. The predicted octanol–water partition coefficient (Wildman–Crippen LogP) is 8.84. The third-order valence-electron chi connectivity index (χ3n) is 10.5. The Balaban J connectivity index is 0.977. The maximum absolute atomic E-state index is 13.4. The van der Waals surface area contributed by atoms with Crippen LogP contribution in [0.1, 0.15) is 75.9 Å². The Hall–Kier alpha value is -6.39. The van der Waals surface area contributed by atoms with Crippen LogP contribution in [-0.2, 0) is 9.53 Å². The van der Waals surface area contributed by atoms with E-state index in [0.717, 1.165) is 57.2 Å². The van der Waals surface area contributed by atoms with Gasteiger partial charge in [-0.15, -0.1) is 0 Å². The summed E-state index contributed by atoms with van der Waals surface area (Å²) < 4.78 is 11.7. The van der Waals surface area contributed by atoms with Crippen molar-refractivity contribution < 1.29 is 24.2 Å². The number of ether oxygens (including phenoxy) is 2. The molecule has 10 heteroatoms. The third kappa shape index (κ3) is 9.94. The van der Waals surface area contributed by atoms with Crippen molar-refractivity contribution in [2.24, 2.45) is 4.99 Å². The number of aliphatic imine (C=N–C) groups is 1. The number of aromatic amines is 2. The van der Waals surface area contributed by atoms with Crippen LogP contribution in [0.15, 0.2) is 120 Å². The van der Waals surface area contributed by atoms with Gasteiger partial charge in [0.15, 0.2) is 5.78 Å². The zero-order valence-corrected chi connectivity index (χ0v) is 34.3. The van der Waals surface area contributed by atoms with Gasteiger partial charge in [-0.1, -0.05) is 61.5 Å². The lowest BCUT2D eigenvalue weighted by atomic mass is 9.88. The zero-order valence-electron chi connectivity index (χ0n) is 34.3. The number of aromatic hydroxyl groups is 1. The van der Waals surface area contributed by atoms with Crippen molar-refractivity contribution in [1.82, 2.24) is 19.8 Å². The molecule has 6 rings (SSSR count). The number of nitrogens with zero attached hydrogens (tertiary/aromatic N) is 3. The molecule has 0 saturated carbocycles. The molecular formula is C48H53N5O5. The number of likely N-dealkylation sites (N-methyl/N-ethyl adjacent to an activating group) is 2. The molecule has 1 aliphatic rings. The summed E-state index contributed by atoms with van der Waals surface area (Å²) >= 11 is 0. The molecule has 3 aromatic carbocycles. The second-order valence-electron chi connectivity index (χ2n) is 14.5. The summed E-state index contributed by atoms with van der Waals surface area (Å²) in [6.07, 6.45) is 6.72. The van der Waals surface area contributed by atoms with Crippen LogP contribution in [0.3, 0.4) is 0 Å². The molecule has 0 atom stereocenters. The summed E-state index contributed by atoms with van der Waals surface area (Å²) in [5.74, 6) is 1.51. The normalized spacial score (nSPS) is 13.7. The maximum atomic E-state index is 13.4. The number of nitrogens with one attached hydrogen (secondary N) is 2. The molecule has 10 nitrogen and oxygen atoms in total. The largest absolute Gasteiger partial charge is 0.508 e. The molecule has 1 amide bonds. The first kappa shape index (κ1) is 41.2. The number of hydrogen-bond acceptors (Lipinski definition) is 7. The summed E-state index contributed by atoms with van der Waals surface area (Å²) in [6, 6.07) is 29.8. The fourth-order valence-electron chi connectivity index (χ4n) is 7.22. The highest BCUT2D eigenvalue weighted by atomic mass is 16.5. The standard InChI is InChI=1S/C48H53N5O5/c1-7-39(34-12-9-8-10-13-34)48(35-15-19-37(54)20-16-35)36-17-21-38(22-18-36)58-29-28-52(4)26-27-53(5)46(56)24-23-44(55)47-32(2)41(50-33(47)3)30-43-45(57-6)31-42(51-43)40-14-11-25-49-40/h8-22,25,30-31,49-50,54H,7,23-24,26-29H2,1-6H3/b43-30-,48-39-. The van der Waals surface area contributed by atoms with Gasteiger partial charge in [0.05, 0.1) is 18.5 Å². The van der Waals surface area contributed by atoms with Crippen molar-refractivity contribution in [3.8, 4) is 11.5 Å². The number of H-pyrrole nitrogens is 2. The fraction of sp³-hybridized carbons (Fsp3) is 0.271. The summed E-state index contributed by atoms with van der Waals surface area (Å²) in [5.41, 5.74) is 10.9. The van der Waals surface area contributed by atoms with Gasteiger partial charge in [-0.25, -0.2) is 4.99 Å². The highest BCUT2D eigenvalue weighted by molar-refractivity contribution is 6.11. The SMILES string of the molecule is CC/C(=C(\c1ccc(O)cc1)c1ccc(OCCN(C)CCN(C)C(=O)CCC(=O)c2c(C)[nH]c(/C=C3\N=C(c4ccc[nH]4)C=C3OC)c2C)cc1)c1ccccc1. The number of ketones is 1. The lowest BCUT2D eigenvalue weighted by Gasteiger charge is -2.22. The van der Waals surface area contributed by atoms with Crippen molar-refractivity contribution in [2.75, 3.05) is 47.4 Å². The average molecular weight is 780 g/mol. The van der Waals surface area contributed by atoms with Gasteiger partial charge in [0.25, 0.3) is 0 Å². The molecule has 2 aromatic heterocycles. The summed E-state index contributed by atoms with van der Waals surface area (Å²) in [7, 11) is 5.40. The molecule has 300 valence electrons. The second-order valence-corrected chi connectivity index (χ2v) is 14.5. The van der Waals surface area contributed by atoms with E-state index in [1.165, 1.54) is 11.1 Å². The molecular weight excluding hydrogens is 727 g/mol. The minimum Gasteiger partial charge on any atom is -0.508 e. The van der Waals surface area contributed by atoms with Crippen molar-refractivity contribution in [3.63, 3.8) is 0 Å². The van der Waals surface area contributed by atoms with E-state index in [9.17, 15) is 14.7 Å². The number of phenols is 1. The molecule has 0 fully saturated rings. The number of carbonyl (C=O) groups excluding carboxylic acids is 2. The van der Waals surface area contributed by atoms with Gasteiger partial charge in [0, 0.05) is 68.7 Å². The van der Waals surface area contributed by atoms with Crippen LogP contribution in [0.25, 0.3) is 17.2 Å². The minimum absolute atomic E-state index is 0.0703. The minimum atomic E-state index is -0.0718. The Morgan fingerprint density at radius 3 is 2.21 bits per heavy atom. The molecule has 5 aromatic rings. The van der Waals surface area contributed by atoms with E-state index in [1.54, 1.807) is 31.2 Å². The molecule has 3 heterocycles. The number of aryl methyl sites for hydroxylation is 1. The van der Waals surface area contributed by atoms with Crippen molar-refractivity contribution in [1.29, 1.82) is 0 Å². The van der Waals surface area contributed by atoms with E-state index in [2.05, 4.69) is 58.2 Å². The van der Waals surface area contributed by atoms with E-state index in [-0.39, 0.29) is 30.3 Å². The Kier molecular flexibility index (Phi) is 13.6. The quantitative estimate of drug-likeness (QED) is 0.0604. The number of Topliss-reactive ketones (excluding diaryl/α,β-unsaturated/α-hetero) is 1. The van der Waals surface area contributed by atoms with Crippen LogP contribution in [0.4, 0.5) is 0 Å². The lowest BCUT2D eigenvalue weighted by molar-refractivity contribution is -0.130. The van der Waals surface area contributed by atoms with Gasteiger partial charge < -0.3 is 34.3 Å². The molecule has 0 spiro atoms. The van der Waals surface area contributed by atoms with Crippen molar-refractivity contribution >= 4 is 34.6 Å². The van der Waals surface area contributed by atoms with Crippen LogP contribution in [0.2, 0.25) is 0 Å². The lowest BCUT2D eigenvalue weighted by Crippen LogP contribution is -2.36. The van der Waals surface area contributed by atoms with E-state index in [1.807, 2.05) is 81.7 Å². The predicted molar refractivity (Wildman–Crippen MR) is 232 cm³/mol. The topological polar surface area (TPSA) is 123 Å². The van der Waals surface area contributed by atoms with Crippen LogP contribution in [0.5, 0.6) is 11.5 Å². The van der Waals surface area contributed by atoms with Crippen LogP contribution < -0.4 is 4.74 Å². The fourth-order valence-corrected chi connectivity index (χ4v) is 7.22. The second kappa shape index (κ2) is 19.2. The zero-order chi connectivity index (χ0) is 41.2. The first-order chi connectivity index (χ1) is 28.1. The molecule has 1 aliphatic heterocycles. The Labute approximate surface area is 341 Å². The van der Waals surface area contributed by atoms with Gasteiger partial charge in [-0.05, 0) is 103 Å². The number of benzene rings is 3. The molecule has 3 N–H and O–H groups in total. The first-order valence-electron chi connectivity index (χ1n) is 19.7. The maximum Gasteiger partial charge on any atom is 0.222 e. The number of rotatable bonds is 18. The molecule has 0 radical (unpaired) electrons. The van der Waals surface area contributed by atoms with E-state index >= 15 is 0 Å². The smallest absolute Gasteiger partial charge is 0.222 e. The highest BCUT2D eigenvalue weighted by Gasteiger charge is 2.22. The van der Waals surface area contributed by atoms with Crippen molar-refractivity contribution in [2.45, 2.75) is 40.0 Å². The van der Waals surface area contributed by atoms with Gasteiger partial charge in [0.1, 0.15) is 29.6 Å². The highest BCUT2D eigenvalue weighted by Crippen LogP contribution is 2.36. The average Bonchev–Trinajstić information content (AvgIpc) is 3.98. The number of allylic oxidation sites excluding steroid dienone is 2. The number of aromatic nitrogens is 2. The van der Waals surface area contributed by atoms with Crippen LogP contribution in [0, 0.1) is 13.8 Å². The van der Waals surface area contributed by atoms with E-state index < -0.39 is 0 Å². The molecule has 0 aliphatic carbocycles. The monoisotopic (exact) mass is 779 g/mol. The van der Waals surface area contributed by atoms with Gasteiger partial charge >= 0.3 is 0 Å². The third-order valence-corrected chi connectivity index (χ3v) is 10.5.